The average molecular weight is 397 g/mol. The van der Waals surface area contributed by atoms with Gasteiger partial charge in [0.15, 0.2) is 5.13 Å². The van der Waals surface area contributed by atoms with Gasteiger partial charge in [-0.1, -0.05) is 36.9 Å². The normalized spacial score (nSPS) is 14.0. The first-order chi connectivity index (χ1) is 13.2. The van der Waals surface area contributed by atoms with E-state index in [1.165, 1.54) is 16.6 Å². The van der Waals surface area contributed by atoms with E-state index < -0.39 is 0 Å². The van der Waals surface area contributed by atoms with Gasteiger partial charge in [-0.05, 0) is 30.8 Å². The van der Waals surface area contributed by atoms with Crippen LogP contribution in [0.4, 0.5) is 5.13 Å². The highest BCUT2D eigenvalue weighted by molar-refractivity contribution is 7.99. The molecule has 0 saturated carbocycles. The zero-order valence-electron chi connectivity index (χ0n) is 15.0. The van der Waals surface area contributed by atoms with Gasteiger partial charge in [0.2, 0.25) is 0 Å². The Labute approximate surface area is 166 Å². The van der Waals surface area contributed by atoms with Crippen LogP contribution in [-0.4, -0.2) is 33.9 Å². The number of hydrogen-bond donors (Lipinski definition) is 1. The molecule has 4 rings (SSSR count). The topological polar surface area (TPSA) is 58.1 Å². The maximum atomic E-state index is 12.9. The van der Waals surface area contributed by atoms with Crippen molar-refractivity contribution in [3.8, 4) is 0 Å². The lowest BCUT2D eigenvalue weighted by Gasteiger charge is -2.23. The summed E-state index contributed by atoms with van der Waals surface area (Å²) in [6.45, 7) is 5.15. The van der Waals surface area contributed by atoms with E-state index in [0.717, 1.165) is 36.6 Å². The minimum absolute atomic E-state index is 0.167. The number of anilines is 1. The van der Waals surface area contributed by atoms with Crippen LogP contribution in [0.3, 0.4) is 0 Å². The molecule has 0 spiro atoms. The number of nitrogens with one attached hydrogen (secondary N) is 1. The standard InChI is InChI=1S/C20H20N4OS2/c1-2-24-12-10-16-17(13-24)27-20(22-16)23-18(25)15-9-6-11-21-19(15)26-14-7-4-3-5-8-14/h3-9,11H,2,10,12-13H2,1H3,(H,22,23,25). The number of hydrogen-bond acceptors (Lipinski definition) is 6. The molecule has 1 aliphatic rings. The molecule has 0 unspecified atom stereocenters. The zero-order valence-corrected chi connectivity index (χ0v) is 16.6. The number of benzene rings is 1. The van der Waals surface area contributed by atoms with Crippen molar-refractivity contribution < 1.29 is 4.79 Å². The third-order valence-electron chi connectivity index (χ3n) is 4.45. The maximum Gasteiger partial charge on any atom is 0.260 e. The van der Waals surface area contributed by atoms with Crippen LogP contribution in [0.15, 0.2) is 58.6 Å². The van der Waals surface area contributed by atoms with Crippen LogP contribution in [0, 0.1) is 0 Å². The summed E-state index contributed by atoms with van der Waals surface area (Å²) in [6.07, 6.45) is 2.65. The Morgan fingerprint density at radius 2 is 2.11 bits per heavy atom. The van der Waals surface area contributed by atoms with Gasteiger partial charge in [-0.25, -0.2) is 9.97 Å². The highest BCUT2D eigenvalue weighted by Gasteiger charge is 2.21. The number of thiazole rings is 1. The van der Waals surface area contributed by atoms with Gasteiger partial charge in [0.25, 0.3) is 5.91 Å². The lowest BCUT2D eigenvalue weighted by atomic mass is 10.2. The molecule has 1 aliphatic heterocycles. The van der Waals surface area contributed by atoms with Crippen LogP contribution in [0.25, 0.3) is 0 Å². The summed E-state index contributed by atoms with van der Waals surface area (Å²) in [7, 11) is 0. The summed E-state index contributed by atoms with van der Waals surface area (Å²) in [5, 5.41) is 4.33. The molecule has 0 aliphatic carbocycles. The minimum atomic E-state index is -0.167. The Balaban J connectivity index is 1.52. The van der Waals surface area contributed by atoms with Crippen molar-refractivity contribution in [3.63, 3.8) is 0 Å². The number of amides is 1. The summed E-state index contributed by atoms with van der Waals surface area (Å²) < 4.78 is 0. The van der Waals surface area contributed by atoms with Crippen molar-refractivity contribution in [2.45, 2.75) is 29.8 Å². The molecule has 0 bridgehead atoms. The average Bonchev–Trinajstić information content (AvgIpc) is 3.10. The third-order valence-corrected chi connectivity index (χ3v) is 6.48. The van der Waals surface area contributed by atoms with E-state index in [0.29, 0.717) is 15.7 Å². The molecule has 0 radical (unpaired) electrons. The summed E-state index contributed by atoms with van der Waals surface area (Å²) in [5.74, 6) is -0.167. The molecule has 0 saturated heterocycles. The zero-order chi connectivity index (χ0) is 18.6. The van der Waals surface area contributed by atoms with E-state index in [-0.39, 0.29) is 5.91 Å². The molecule has 5 nitrogen and oxygen atoms in total. The molecule has 1 N–H and O–H groups in total. The van der Waals surface area contributed by atoms with Gasteiger partial charge in [0, 0.05) is 35.5 Å². The highest BCUT2D eigenvalue weighted by Crippen LogP contribution is 2.31. The number of nitrogens with zero attached hydrogens (tertiary/aromatic N) is 3. The number of carbonyl (C=O) groups is 1. The van der Waals surface area contributed by atoms with Gasteiger partial charge in [-0.3, -0.25) is 15.0 Å². The van der Waals surface area contributed by atoms with E-state index in [2.05, 4.69) is 27.1 Å². The molecular weight excluding hydrogens is 376 g/mol. The van der Waals surface area contributed by atoms with Crippen molar-refractivity contribution in [2.24, 2.45) is 0 Å². The van der Waals surface area contributed by atoms with E-state index in [1.54, 1.807) is 29.7 Å². The molecule has 7 heteroatoms. The Kier molecular flexibility index (Phi) is 5.52. The number of likely N-dealkylation sites (N-methyl/N-ethyl adjacent to an activating group) is 1. The van der Waals surface area contributed by atoms with Crippen LogP contribution >= 0.6 is 23.1 Å². The predicted molar refractivity (Wildman–Crippen MR) is 110 cm³/mol. The maximum absolute atomic E-state index is 12.9. The lowest BCUT2D eigenvalue weighted by Crippen LogP contribution is -2.29. The monoisotopic (exact) mass is 396 g/mol. The van der Waals surface area contributed by atoms with Crippen molar-refractivity contribution in [1.82, 2.24) is 14.9 Å². The first-order valence-corrected chi connectivity index (χ1v) is 10.6. The first-order valence-electron chi connectivity index (χ1n) is 8.93. The molecule has 27 heavy (non-hydrogen) atoms. The van der Waals surface area contributed by atoms with Gasteiger partial charge in [0.05, 0.1) is 11.3 Å². The number of rotatable bonds is 5. The Morgan fingerprint density at radius 1 is 1.26 bits per heavy atom. The fourth-order valence-electron chi connectivity index (χ4n) is 2.98. The molecule has 138 valence electrons. The summed E-state index contributed by atoms with van der Waals surface area (Å²) in [4.78, 5) is 26.6. The molecule has 0 fully saturated rings. The summed E-state index contributed by atoms with van der Waals surface area (Å²) in [5.41, 5.74) is 1.68. The van der Waals surface area contributed by atoms with Gasteiger partial charge < -0.3 is 0 Å². The quantitative estimate of drug-likeness (QED) is 0.696. The number of fused-ring (bicyclic) bond motifs is 1. The second-order valence-electron chi connectivity index (χ2n) is 6.23. The Hall–Kier alpha value is -2.22. The highest BCUT2D eigenvalue weighted by atomic mass is 32.2. The fraction of sp³-hybridized carbons (Fsp3) is 0.250. The second-order valence-corrected chi connectivity index (χ2v) is 8.38. The van der Waals surface area contributed by atoms with Crippen LogP contribution < -0.4 is 5.32 Å². The van der Waals surface area contributed by atoms with Crippen molar-refractivity contribution in [1.29, 1.82) is 0 Å². The lowest BCUT2D eigenvalue weighted by molar-refractivity contribution is 0.102. The molecule has 2 aromatic heterocycles. The first kappa shape index (κ1) is 18.2. The second kappa shape index (κ2) is 8.21. The molecule has 3 aromatic rings. The Bertz CT molecular complexity index is 942. The molecule has 0 atom stereocenters. The largest absolute Gasteiger partial charge is 0.298 e. The molecule has 3 heterocycles. The molecular formula is C20H20N4OS2. The van der Waals surface area contributed by atoms with Crippen LogP contribution in [0.5, 0.6) is 0 Å². The van der Waals surface area contributed by atoms with Crippen molar-refractivity contribution in [3.05, 3.63) is 64.8 Å². The van der Waals surface area contributed by atoms with Crippen LogP contribution in [0.2, 0.25) is 0 Å². The fourth-order valence-corrected chi connectivity index (χ4v) is 4.93. The van der Waals surface area contributed by atoms with Gasteiger partial charge in [-0.15, -0.1) is 11.3 Å². The van der Waals surface area contributed by atoms with Crippen LogP contribution in [-0.2, 0) is 13.0 Å². The van der Waals surface area contributed by atoms with E-state index >= 15 is 0 Å². The van der Waals surface area contributed by atoms with E-state index in [9.17, 15) is 4.79 Å². The Morgan fingerprint density at radius 3 is 2.93 bits per heavy atom. The van der Waals surface area contributed by atoms with E-state index in [4.69, 9.17) is 0 Å². The third kappa shape index (κ3) is 4.21. The smallest absolute Gasteiger partial charge is 0.260 e. The molecule has 1 aromatic carbocycles. The van der Waals surface area contributed by atoms with Crippen molar-refractivity contribution in [2.75, 3.05) is 18.4 Å². The van der Waals surface area contributed by atoms with Gasteiger partial charge >= 0.3 is 0 Å². The summed E-state index contributed by atoms with van der Waals surface area (Å²) >= 11 is 3.06. The number of pyridine rings is 1. The number of aromatic nitrogens is 2. The van der Waals surface area contributed by atoms with E-state index in [1.807, 2.05) is 30.3 Å². The summed E-state index contributed by atoms with van der Waals surface area (Å²) in [6, 6.07) is 13.5. The van der Waals surface area contributed by atoms with Crippen LogP contribution in [0.1, 0.15) is 27.9 Å². The molecule has 1 amide bonds. The number of carbonyl (C=O) groups excluding carboxylic acids is 1. The SMILES string of the molecule is CCN1CCc2nc(NC(=O)c3cccnc3Sc3ccccc3)sc2C1. The predicted octanol–water partition coefficient (Wildman–Crippen LogP) is 4.32. The van der Waals surface area contributed by atoms with Crippen molar-refractivity contribution >= 4 is 34.1 Å². The van der Waals surface area contributed by atoms with Gasteiger partial charge in [0.1, 0.15) is 5.03 Å². The van der Waals surface area contributed by atoms with Gasteiger partial charge in [-0.2, -0.15) is 0 Å². The minimum Gasteiger partial charge on any atom is -0.298 e.